The summed E-state index contributed by atoms with van der Waals surface area (Å²) in [7, 11) is 0. The van der Waals surface area contributed by atoms with Gasteiger partial charge in [0.15, 0.2) is 0 Å². The number of pyridine rings is 1. The van der Waals surface area contributed by atoms with E-state index in [-0.39, 0.29) is 17.4 Å². The molecule has 0 aliphatic carbocycles. The molecule has 0 aromatic carbocycles. The van der Waals surface area contributed by atoms with Crippen molar-refractivity contribution in [1.82, 2.24) is 15.0 Å². The Morgan fingerprint density at radius 1 is 1.33 bits per heavy atom. The van der Waals surface area contributed by atoms with Gasteiger partial charge in [0, 0.05) is 16.6 Å². The largest absolute Gasteiger partial charge is 0.437 e. The van der Waals surface area contributed by atoms with Crippen LogP contribution in [0.3, 0.4) is 0 Å². The monoisotopic (exact) mass is 309 g/mol. The highest BCUT2D eigenvalue weighted by Gasteiger charge is 2.07. The number of hydrogen-bond acceptors (Lipinski definition) is 4. The predicted molar refractivity (Wildman–Crippen MR) is 71.0 cm³/mol. The number of halogens is 1. The molecule has 0 spiro atoms. The van der Waals surface area contributed by atoms with Crippen molar-refractivity contribution in [1.29, 1.82) is 0 Å². The maximum Gasteiger partial charge on any atom is 0.254 e. The summed E-state index contributed by atoms with van der Waals surface area (Å²) in [4.78, 5) is 22.4. The molecule has 0 amide bonds. The average Bonchev–Trinajstić information content (AvgIpc) is 2.28. The Hall–Kier alpha value is -1.69. The first-order chi connectivity index (χ1) is 8.54. The minimum atomic E-state index is -0.230. The van der Waals surface area contributed by atoms with Crippen molar-refractivity contribution in [2.24, 2.45) is 0 Å². The van der Waals surface area contributed by atoms with Gasteiger partial charge in [-0.3, -0.25) is 9.78 Å². The lowest BCUT2D eigenvalue weighted by molar-refractivity contribution is 0.453. The minimum absolute atomic E-state index is 0.127. The molecule has 5 nitrogen and oxygen atoms in total. The zero-order valence-corrected chi connectivity index (χ0v) is 11.6. The quantitative estimate of drug-likeness (QED) is 0.946. The average molecular weight is 310 g/mol. The normalized spacial score (nSPS) is 10.7. The predicted octanol–water partition coefficient (Wildman–Crippen LogP) is 2.84. The van der Waals surface area contributed by atoms with Crippen LogP contribution in [0.5, 0.6) is 11.6 Å². The van der Waals surface area contributed by atoms with Crippen LogP contribution >= 0.6 is 15.9 Å². The van der Waals surface area contributed by atoms with Crippen molar-refractivity contribution in [2.45, 2.75) is 19.8 Å². The second-order valence-corrected chi connectivity index (χ2v) is 4.98. The van der Waals surface area contributed by atoms with Crippen molar-refractivity contribution < 1.29 is 4.74 Å². The molecular formula is C12H12BrN3O2. The van der Waals surface area contributed by atoms with Gasteiger partial charge in [-0.05, 0) is 22.0 Å². The van der Waals surface area contributed by atoms with E-state index in [2.05, 4.69) is 30.9 Å². The van der Waals surface area contributed by atoms with E-state index in [9.17, 15) is 4.79 Å². The van der Waals surface area contributed by atoms with Crippen LogP contribution in [0.4, 0.5) is 0 Å². The number of aromatic nitrogens is 3. The number of aromatic amines is 1. The standard InChI is InChI=1S/C12H12BrN3O2/c1-7(2)12-15-10(17)4-11(16-12)18-9-3-8(13)5-14-6-9/h3-7H,1-2H3,(H,15,16,17). The van der Waals surface area contributed by atoms with Crippen LogP contribution in [0.2, 0.25) is 0 Å². The topological polar surface area (TPSA) is 67.9 Å². The number of nitrogens with zero attached hydrogens (tertiary/aromatic N) is 2. The molecule has 18 heavy (non-hydrogen) atoms. The second kappa shape index (κ2) is 5.30. The summed E-state index contributed by atoms with van der Waals surface area (Å²) in [6.07, 6.45) is 3.21. The summed E-state index contributed by atoms with van der Waals surface area (Å²) in [5.41, 5.74) is -0.230. The summed E-state index contributed by atoms with van der Waals surface area (Å²) in [6.45, 7) is 3.89. The van der Waals surface area contributed by atoms with Crippen molar-refractivity contribution in [3.05, 3.63) is 45.2 Å². The first kappa shape index (κ1) is 12.8. The minimum Gasteiger partial charge on any atom is -0.437 e. The number of H-pyrrole nitrogens is 1. The third-order valence-electron chi connectivity index (χ3n) is 2.19. The fourth-order valence-electron chi connectivity index (χ4n) is 1.35. The molecule has 0 unspecified atom stereocenters. The van der Waals surface area contributed by atoms with Gasteiger partial charge in [-0.2, -0.15) is 4.98 Å². The van der Waals surface area contributed by atoms with E-state index in [1.807, 2.05) is 13.8 Å². The van der Waals surface area contributed by atoms with E-state index in [4.69, 9.17) is 4.74 Å². The summed E-state index contributed by atoms with van der Waals surface area (Å²) in [5, 5.41) is 0. The highest BCUT2D eigenvalue weighted by Crippen LogP contribution is 2.21. The maximum absolute atomic E-state index is 11.5. The Morgan fingerprint density at radius 2 is 2.11 bits per heavy atom. The molecule has 0 atom stereocenters. The number of rotatable bonds is 3. The lowest BCUT2D eigenvalue weighted by Crippen LogP contribution is -2.11. The van der Waals surface area contributed by atoms with E-state index >= 15 is 0 Å². The summed E-state index contributed by atoms with van der Waals surface area (Å²) >= 11 is 3.30. The van der Waals surface area contributed by atoms with E-state index in [0.29, 0.717) is 11.6 Å². The molecular weight excluding hydrogens is 298 g/mol. The Balaban J connectivity index is 2.32. The van der Waals surface area contributed by atoms with Gasteiger partial charge in [0.2, 0.25) is 5.88 Å². The van der Waals surface area contributed by atoms with Gasteiger partial charge in [-0.1, -0.05) is 13.8 Å². The van der Waals surface area contributed by atoms with E-state index < -0.39 is 0 Å². The second-order valence-electron chi connectivity index (χ2n) is 4.06. The summed E-state index contributed by atoms with van der Waals surface area (Å²) in [6, 6.07) is 3.07. The molecule has 2 aromatic rings. The van der Waals surface area contributed by atoms with Crippen molar-refractivity contribution >= 4 is 15.9 Å². The lowest BCUT2D eigenvalue weighted by atomic mass is 10.2. The van der Waals surface area contributed by atoms with Crippen LogP contribution in [0.15, 0.2) is 33.8 Å². The Bertz CT molecular complexity index is 610. The van der Waals surface area contributed by atoms with E-state index in [1.165, 1.54) is 6.07 Å². The van der Waals surface area contributed by atoms with E-state index in [1.54, 1.807) is 18.5 Å². The summed E-state index contributed by atoms with van der Waals surface area (Å²) in [5.74, 6) is 1.52. The molecule has 94 valence electrons. The van der Waals surface area contributed by atoms with Gasteiger partial charge in [-0.25, -0.2) is 0 Å². The van der Waals surface area contributed by atoms with Gasteiger partial charge in [0.05, 0.1) is 12.3 Å². The zero-order valence-electron chi connectivity index (χ0n) is 9.98. The third kappa shape index (κ3) is 3.16. The molecule has 0 saturated carbocycles. The lowest BCUT2D eigenvalue weighted by Gasteiger charge is -2.07. The first-order valence-corrected chi connectivity index (χ1v) is 6.23. The van der Waals surface area contributed by atoms with Gasteiger partial charge < -0.3 is 9.72 Å². The summed E-state index contributed by atoms with van der Waals surface area (Å²) < 4.78 is 6.31. The zero-order chi connectivity index (χ0) is 13.1. The van der Waals surface area contributed by atoms with Gasteiger partial charge >= 0.3 is 0 Å². The highest BCUT2D eigenvalue weighted by molar-refractivity contribution is 9.10. The molecule has 0 radical (unpaired) electrons. The Labute approximate surface area is 112 Å². The fraction of sp³-hybridized carbons (Fsp3) is 0.250. The van der Waals surface area contributed by atoms with Gasteiger partial charge in [0.25, 0.3) is 5.56 Å². The van der Waals surface area contributed by atoms with Crippen LogP contribution in [0, 0.1) is 0 Å². The fourth-order valence-corrected chi connectivity index (χ4v) is 1.69. The molecule has 0 aliphatic rings. The van der Waals surface area contributed by atoms with Crippen LogP contribution in [-0.2, 0) is 0 Å². The maximum atomic E-state index is 11.5. The molecule has 0 bridgehead atoms. The molecule has 0 aliphatic heterocycles. The van der Waals surface area contributed by atoms with Crippen molar-refractivity contribution in [2.75, 3.05) is 0 Å². The van der Waals surface area contributed by atoms with Crippen LogP contribution in [0.25, 0.3) is 0 Å². The molecule has 0 fully saturated rings. The van der Waals surface area contributed by atoms with Gasteiger partial charge in [0.1, 0.15) is 11.6 Å². The molecule has 0 saturated heterocycles. The molecule has 1 N–H and O–H groups in total. The van der Waals surface area contributed by atoms with Crippen molar-refractivity contribution in [3.63, 3.8) is 0 Å². The Morgan fingerprint density at radius 3 is 2.78 bits per heavy atom. The SMILES string of the molecule is CC(C)c1nc(Oc2cncc(Br)c2)cc(=O)[nH]1. The molecule has 2 rings (SSSR count). The number of hydrogen-bond donors (Lipinski definition) is 1. The highest BCUT2D eigenvalue weighted by atomic mass is 79.9. The van der Waals surface area contributed by atoms with Crippen molar-refractivity contribution in [3.8, 4) is 11.6 Å². The van der Waals surface area contributed by atoms with Crippen LogP contribution < -0.4 is 10.3 Å². The molecule has 2 heterocycles. The number of nitrogens with one attached hydrogen (secondary N) is 1. The third-order valence-corrected chi connectivity index (χ3v) is 2.62. The van der Waals surface area contributed by atoms with Crippen LogP contribution in [0.1, 0.15) is 25.6 Å². The number of ether oxygens (including phenoxy) is 1. The Kier molecular flexibility index (Phi) is 3.76. The van der Waals surface area contributed by atoms with E-state index in [0.717, 1.165) is 4.47 Å². The smallest absolute Gasteiger partial charge is 0.254 e. The first-order valence-electron chi connectivity index (χ1n) is 5.44. The van der Waals surface area contributed by atoms with Crippen LogP contribution in [-0.4, -0.2) is 15.0 Å². The van der Waals surface area contributed by atoms with Gasteiger partial charge in [-0.15, -0.1) is 0 Å². The molecule has 6 heteroatoms. The molecule has 2 aromatic heterocycles.